The Morgan fingerprint density at radius 1 is 1.11 bits per heavy atom. The molecular formula is C19H20N2O6. The number of hydrogen-bond donors (Lipinski definition) is 1. The van der Waals surface area contributed by atoms with Crippen LogP contribution in [0.5, 0.6) is 5.75 Å². The molecule has 0 radical (unpaired) electrons. The van der Waals surface area contributed by atoms with Crippen molar-refractivity contribution < 1.29 is 24.0 Å². The SMILES string of the molecule is CC[C@@H](Oc1ccccc1)C(=O)O[C@@H](C)C(=O)Nc1ccccc1[N+](=O)[O-]. The molecule has 0 aliphatic heterocycles. The van der Waals surface area contributed by atoms with Gasteiger partial charge in [0, 0.05) is 6.07 Å². The number of nitrogens with one attached hydrogen (secondary N) is 1. The molecular weight excluding hydrogens is 352 g/mol. The average Bonchev–Trinajstić information content (AvgIpc) is 2.66. The fourth-order valence-corrected chi connectivity index (χ4v) is 2.24. The first-order chi connectivity index (χ1) is 12.9. The van der Waals surface area contributed by atoms with E-state index in [0.717, 1.165) is 0 Å². The Kier molecular flexibility index (Phi) is 6.87. The van der Waals surface area contributed by atoms with Gasteiger partial charge in [0.15, 0.2) is 12.2 Å². The van der Waals surface area contributed by atoms with Crippen LogP contribution in [0, 0.1) is 10.1 Å². The number of nitro groups is 1. The number of rotatable bonds is 8. The summed E-state index contributed by atoms with van der Waals surface area (Å²) < 4.78 is 10.7. The number of para-hydroxylation sites is 3. The molecule has 8 heteroatoms. The number of esters is 1. The quantitative estimate of drug-likeness (QED) is 0.433. The van der Waals surface area contributed by atoms with Crippen LogP contribution < -0.4 is 10.1 Å². The maximum Gasteiger partial charge on any atom is 0.348 e. The Labute approximate surface area is 156 Å². The highest BCUT2D eigenvalue weighted by Gasteiger charge is 2.26. The number of carbonyl (C=O) groups is 2. The van der Waals surface area contributed by atoms with Gasteiger partial charge in [-0.25, -0.2) is 4.79 Å². The molecule has 2 aromatic rings. The first kappa shape index (κ1) is 19.9. The van der Waals surface area contributed by atoms with Crippen molar-refractivity contribution in [2.24, 2.45) is 0 Å². The molecule has 0 spiro atoms. The van der Waals surface area contributed by atoms with E-state index in [-0.39, 0.29) is 11.4 Å². The average molecular weight is 372 g/mol. The van der Waals surface area contributed by atoms with Gasteiger partial charge in [0.1, 0.15) is 11.4 Å². The molecule has 1 N–H and O–H groups in total. The van der Waals surface area contributed by atoms with Crippen molar-refractivity contribution in [2.45, 2.75) is 32.5 Å². The second kappa shape index (κ2) is 9.33. The molecule has 0 aromatic heterocycles. The van der Waals surface area contributed by atoms with Crippen LogP contribution in [-0.4, -0.2) is 29.0 Å². The van der Waals surface area contributed by atoms with Gasteiger partial charge < -0.3 is 14.8 Å². The number of benzene rings is 2. The van der Waals surface area contributed by atoms with Crippen LogP contribution in [0.3, 0.4) is 0 Å². The van der Waals surface area contributed by atoms with Crippen LogP contribution in [0.2, 0.25) is 0 Å². The van der Waals surface area contributed by atoms with E-state index < -0.39 is 29.0 Å². The first-order valence-electron chi connectivity index (χ1n) is 8.38. The van der Waals surface area contributed by atoms with Gasteiger partial charge >= 0.3 is 5.97 Å². The molecule has 8 nitrogen and oxygen atoms in total. The molecule has 0 aliphatic carbocycles. The highest BCUT2D eigenvalue weighted by atomic mass is 16.6. The zero-order valence-corrected chi connectivity index (χ0v) is 15.0. The lowest BCUT2D eigenvalue weighted by Gasteiger charge is -2.19. The van der Waals surface area contributed by atoms with E-state index in [9.17, 15) is 19.7 Å². The van der Waals surface area contributed by atoms with Gasteiger partial charge in [-0.1, -0.05) is 37.3 Å². The van der Waals surface area contributed by atoms with Crippen molar-refractivity contribution in [3.8, 4) is 5.75 Å². The van der Waals surface area contributed by atoms with E-state index >= 15 is 0 Å². The summed E-state index contributed by atoms with van der Waals surface area (Å²) in [6.07, 6.45) is -1.66. The topological polar surface area (TPSA) is 108 Å². The van der Waals surface area contributed by atoms with Gasteiger partial charge in [-0.3, -0.25) is 14.9 Å². The number of carbonyl (C=O) groups excluding carboxylic acids is 2. The largest absolute Gasteiger partial charge is 0.479 e. The zero-order valence-electron chi connectivity index (χ0n) is 15.0. The van der Waals surface area contributed by atoms with E-state index in [4.69, 9.17) is 9.47 Å². The summed E-state index contributed by atoms with van der Waals surface area (Å²) in [7, 11) is 0. The number of anilines is 1. The molecule has 0 saturated carbocycles. The lowest BCUT2D eigenvalue weighted by Crippen LogP contribution is -2.36. The van der Waals surface area contributed by atoms with Crippen molar-refractivity contribution in [1.82, 2.24) is 0 Å². The highest BCUT2D eigenvalue weighted by Crippen LogP contribution is 2.23. The summed E-state index contributed by atoms with van der Waals surface area (Å²) in [5.74, 6) is -0.850. The third-order valence-electron chi connectivity index (χ3n) is 3.68. The summed E-state index contributed by atoms with van der Waals surface area (Å²) in [5.41, 5.74) is -0.216. The molecule has 0 fully saturated rings. The molecule has 0 unspecified atom stereocenters. The predicted molar refractivity (Wildman–Crippen MR) is 98.4 cm³/mol. The molecule has 0 bridgehead atoms. The van der Waals surface area contributed by atoms with Gasteiger partial charge in [-0.2, -0.15) is 0 Å². The molecule has 0 saturated heterocycles. The van der Waals surface area contributed by atoms with Crippen LogP contribution in [-0.2, 0) is 14.3 Å². The number of ether oxygens (including phenoxy) is 2. The molecule has 1 amide bonds. The van der Waals surface area contributed by atoms with Crippen molar-refractivity contribution in [3.63, 3.8) is 0 Å². The third-order valence-corrected chi connectivity index (χ3v) is 3.68. The second-order valence-corrected chi connectivity index (χ2v) is 5.67. The third kappa shape index (κ3) is 5.53. The fourth-order valence-electron chi connectivity index (χ4n) is 2.24. The minimum absolute atomic E-state index is 0.0305. The summed E-state index contributed by atoms with van der Waals surface area (Å²) in [6, 6.07) is 14.5. The number of amides is 1. The van der Waals surface area contributed by atoms with E-state index in [2.05, 4.69) is 5.32 Å². The lowest BCUT2D eigenvalue weighted by molar-refractivity contribution is -0.383. The number of nitro benzene ring substituents is 1. The zero-order chi connectivity index (χ0) is 19.8. The Morgan fingerprint density at radius 2 is 1.74 bits per heavy atom. The lowest BCUT2D eigenvalue weighted by atomic mass is 10.2. The van der Waals surface area contributed by atoms with Crippen LogP contribution in [0.25, 0.3) is 0 Å². The molecule has 0 aliphatic rings. The first-order valence-corrected chi connectivity index (χ1v) is 8.38. The van der Waals surface area contributed by atoms with E-state index in [1.54, 1.807) is 37.3 Å². The van der Waals surface area contributed by atoms with Gasteiger partial charge in [0.2, 0.25) is 0 Å². The standard InChI is InChI=1S/C19H20N2O6/c1-3-17(27-14-9-5-4-6-10-14)19(23)26-13(2)18(22)20-15-11-7-8-12-16(15)21(24)25/h4-13,17H,3H2,1-2H3,(H,20,22)/t13-,17+/m0/s1. The van der Waals surface area contributed by atoms with Crippen LogP contribution in [0.4, 0.5) is 11.4 Å². The van der Waals surface area contributed by atoms with Gasteiger partial charge in [-0.15, -0.1) is 0 Å². The molecule has 142 valence electrons. The summed E-state index contributed by atoms with van der Waals surface area (Å²) in [6.45, 7) is 3.14. The van der Waals surface area contributed by atoms with Gasteiger partial charge in [0.05, 0.1) is 4.92 Å². The van der Waals surface area contributed by atoms with Crippen LogP contribution in [0.15, 0.2) is 54.6 Å². The van der Waals surface area contributed by atoms with E-state index in [0.29, 0.717) is 12.2 Å². The van der Waals surface area contributed by atoms with Crippen molar-refractivity contribution in [1.29, 1.82) is 0 Å². The smallest absolute Gasteiger partial charge is 0.348 e. The van der Waals surface area contributed by atoms with Crippen LogP contribution >= 0.6 is 0 Å². The minimum atomic E-state index is -1.15. The van der Waals surface area contributed by atoms with Crippen molar-refractivity contribution in [3.05, 3.63) is 64.7 Å². The Hall–Kier alpha value is -3.42. The monoisotopic (exact) mass is 372 g/mol. The predicted octanol–water partition coefficient (Wildman–Crippen LogP) is 3.32. The number of hydrogen-bond acceptors (Lipinski definition) is 6. The minimum Gasteiger partial charge on any atom is -0.479 e. The Balaban J connectivity index is 1.98. The van der Waals surface area contributed by atoms with Crippen molar-refractivity contribution >= 4 is 23.3 Å². The highest BCUT2D eigenvalue weighted by molar-refractivity contribution is 5.97. The summed E-state index contributed by atoms with van der Waals surface area (Å²) in [5, 5.41) is 13.4. The maximum absolute atomic E-state index is 12.3. The van der Waals surface area contributed by atoms with Crippen LogP contribution in [0.1, 0.15) is 20.3 Å². The van der Waals surface area contributed by atoms with Crippen molar-refractivity contribution in [2.75, 3.05) is 5.32 Å². The van der Waals surface area contributed by atoms with E-state index in [1.165, 1.54) is 25.1 Å². The Morgan fingerprint density at radius 3 is 2.37 bits per heavy atom. The molecule has 27 heavy (non-hydrogen) atoms. The molecule has 2 rings (SSSR count). The van der Waals surface area contributed by atoms with E-state index in [1.807, 2.05) is 6.07 Å². The summed E-state index contributed by atoms with van der Waals surface area (Å²) >= 11 is 0. The second-order valence-electron chi connectivity index (χ2n) is 5.67. The van der Waals surface area contributed by atoms with Gasteiger partial charge in [0.25, 0.3) is 11.6 Å². The Bertz CT molecular complexity index is 809. The molecule has 2 atom stereocenters. The molecule has 0 heterocycles. The molecule has 2 aromatic carbocycles. The fraction of sp³-hybridized carbons (Fsp3) is 0.263. The normalized spacial score (nSPS) is 12.5. The number of nitrogens with zero attached hydrogens (tertiary/aromatic N) is 1. The summed E-state index contributed by atoms with van der Waals surface area (Å²) in [4.78, 5) is 34.9. The maximum atomic E-state index is 12.3. The van der Waals surface area contributed by atoms with Gasteiger partial charge in [-0.05, 0) is 31.5 Å².